The van der Waals surface area contributed by atoms with Crippen molar-refractivity contribution < 1.29 is 36.6 Å². The summed E-state index contributed by atoms with van der Waals surface area (Å²) < 4.78 is 64.2. The molecule has 2 saturated carbocycles. The van der Waals surface area contributed by atoms with Gasteiger partial charge in [-0.1, -0.05) is 0 Å². The monoisotopic (exact) mass is 340 g/mol. The summed E-state index contributed by atoms with van der Waals surface area (Å²) in [6, 6.07) is 0. The average Bonchev–Trinajstić information content (AvgIpc) is 3.10. The summed E-state index contributed by atoms with van der Waals surface area (Å²) >= 11 is 0. The first-order valence-corrected chi connectivity index (χ1v) is 7.79. The van der Waals surface area contributed by atoms with Crippen LogP contribution >= 0.6 is 0 Å². The summed E-state index contributed by atoms with van der Waals surface area (Å²) in [5, 5.41) is 0. The normalized spacial score (nSPS) is 22.1. The van der Waals surface area contributed by atoms with Gasteiger partial charge in [0.15, 0.2) is 0 Å². The second-order valence-electron chi connectivity index (χ2n) is 6.51. The van der Waals surface area contributed by atoms with Crippen LogP contribution in [0.2, 0.25) is 0 Å². The van der Waals surface area contributed by atoms with Gasteiger partial charge in [0.2, 0.25) is 0 Å². The molecule has 2 aliphatic rings. The quantitative estimate of drug-likeness (QED) is 0.567. The van der Waals surface area contributed by atoms with Crippen LogP contribution in [-0.4, -0.2) is 35.5 Å². The highest BCUT2D eigenvalue weighted by Gasteiger charge is 2.70. The van der Waals surface area contributed by atoms with E-state index < -0.39 is 35.5 Å². The number of carbonyl (C=O) groups is 2. The molecule has 2 rings (SSSR count). The molecule has 0 aliphatic heterocycles. The minimum atomic E-state index is -5.26. The van der Waals surface area contributed by atoms with Crippen molar-refractivity contribution in [3.8, 4) is 0 Å². The molecule has 0 atom stereocenters. The van der Waals surface area contributed by atoms with Gasteiger partial charge in [-0.05, 0) is 58.3 Å². The highest BCUT2D eigenvalue weighted by molar-refractivity contribution is 5.90. The first-order chi connectivity index (χ1) is 10.6. The molecule has 0 heterocycles. The van der Waals surface area contributed by atoms with Crippen LogP contribution in [0.4, 0.5) is 17.6 Å². The van der Waals surface area contributed by atoms with E-state index in [9.17, 15) is 27.2 Å². The number of esters is 2. The van der Waals surface area contributed by atoms with Gasteiger partial charge in [0, 0.05) is 0 Å². The van der Waals surface area contributed by atoms with Crippen molar-refractivity contribution in [2.75, 3.05) is 0 Å². The number of rotatable bonds is 5. The Bertz CT molecular complexity index is 466. The molecule has 132 valence electrons. The van der Waals surface area contributed by atoms with Gasteiger partial charge in [-0.25, -0.2) is 9.59 Å². The van der Waals surface area contributed by atoms with Crippen molar-refractivity contribution in [2.24, 2.45) is 0 Å². The largest absolute Gasteiger partial charge is 0.458 e. The summed E-state index contributed by atoms with van der Waals surface area (Å²) in [4.78, 5) is 23.0. The van der Waals surface area contributed by atoms with Crippen molar-refractivity contribution in [3.05, 3.63) is 0 Å². The highest BCUT2D eigenvalue weighted by atomic mass is 19.3. The Morgan fingerprint density at radius 3 is 1.91 bits per heavy atom. The molecule has 0 unspecified atom stereocenters. The molecule has 0 aromatic rings. The molecule has 4 nitrogen and oxygen atoms in total. The van der Waals surface area contributed by atoms with E-state index in [2.05, 4.69) is 9.47 Å². The van der Waals surface area contributed by atoms with Gasteiger partial charge in [0.25, 0.3) is 0 Å². The van der Waals surface area contributed by atoms with Crippen molar-refractivity contribution in [1.82, 2.24) is 0 Å². The summed E-state index contributed by atoms with van der Waals surface area (Å²) in [6.45, 7) is 1.42. The zero-order valence-corrected chi connectivity index (χ0v) is 12.9. The maximum Gasteiger partial charge on any atom is 0.415 e. The third kappa shape index (κ3) is 3.61. The molecule has 0 aromatic heterocycles. The van der Waals surface area contributed by atoms with Gasteiger partial charge in [-0.3, -0.25) is 0 Å². The first kappa shape index (κ1) is 18.0. The Morgan fingerprint density at radius 1 is 0.913 bits per heavy atom. The van der Waals surface area contributed by atoms with Gasteiger partial charge in [0.1, 0.15) is 11.7 Å². The smallest absolute Gasteiger partial charge is 0.415 e. The van der Waals surface area contributed by atoms with Crippen LogP contribution < -0.4 is 0 Å². The van der Waals surface area contributed by atoms with E-state index >= 15 is 0 Å². The maximum atomic E-state index is 13.8. The molecule has 0 saturated heterocycles. The Labute approximate surface area is 131 Å². The molecule has 8 heteroatoms. The lowest BCUT2D eigenvalue weighted by Gasteiger charge is -2.29. The number of hydrogen-bond acceptors (Lipinski definition) is 4. The van der Waals surface area contributed by atoms with E-state index in [1.807, 2.05) is 0 Å². The van der Waals surface area contributed by atoms with Crippen LogP contribution in [0.25, 0.3) is 0 Å². The molecular formula is C15H20F4O4. The standard InChI is InChI=1S/C15H20F4O4/c1-13(8-4-5-9-13)23-12(21)15(18,19)14(16,17)11(20)22-10-6-2-3-7-10/h10H,2-9H2,1H3. The van der Waals surface area contributed by atoms with Crippen LogP contribution in [0.5, 0.6) is 0 Å². The molecule has 0 amide bonds. The second kappa shape index (κ2) is 6.28. The van der Waals surface area contributed by atoms with Crippen molar-refractivity contribution in [3.63, 3.8) is 0 Å². The number of alkyl halides is 4. The summed E-state index contributed by atoms with van der Waals surface area (Å²) in [7, 11) is 0. The summed E-state index contributed by atoms with van der Waals surface area (Å²) in [5.41, 5.74) is -1.19. The topological polar surface area (TPSA) is 52.6 Å². The van der Waals surface area contributed by atoms with Crippen molar-refractivity contribution >= 4 is 11.9 Å². The summed E-state index contributed by atoms with van der Waals surface area (Å²) in [5.74, 6) is -15.3. The van der Waals surface area contributed by atoms with Gasteiger partial charge in [-0.15, -0.1) is 0 Å². The van der Waals surface area contributed by atoms with E-state index in [0.29, 0.717) is 51.4 Å². The fraction of sp³-hybridized carbons (Fsp3) is 0.867. The van der Waals surface area contributed by atoms with Crippen LogP contribution in [0.15, 0.2) is 0 Å². The van der Waals surface area contributed by atoms with Gasteiger partial charge in [-0.2, -0.15) is 17.6 Å². The SMILES string of the molecule is CC1(OC(=O)C(F)(F)C(F)(F)C(=O)OC2CCCC2)CCCC1. The lowest BCUT2D eigenvalue weighted by atomic mass is 10.1. The minimum Gasteiger partial charge on any atom is -0.458 e. The van der Waals surface area contributed by atoms with Crippen LogP contribution in [0.3, 0.4) is 0 Å². The lowest BCUT2D eigenvalue weighted by molar-refractivity contribution is -0.245. The molecule has 0 radical (unpaired) electrons. The Hall–Kier alpha value is -1.34. The van der Waals surface area contributed by atoms with Crippen molar-refractivity contribution in [1.29, 1.82) is 0 Å². The Balaban J connectivity index is 2.05. The maximum absolute atomic E-state index is 13.8. The second-order valence-corrected chi connectivity index (χ2v) is 6.51. The predicted molar refractivity (Wildman–Crippen MR) is 71.2 cm³/mol. The molecule has 2 fully saturated rings. The Morgan fingerprint density at radius 2 is 1.39 bits per heavy atom. The minimum absolute atomic E-state index is 0.326. The molecular weight excluding hydrogens is 320 g/mol. The fourth-order valence-corrected chi connectivity index (χ4v) is 3.00. The van der Waals surface area contributed by atoms with Gasteiger partial charge < -0.3 is 9.47 Å². The molecule has 0 bridgehead atoms. The number of hydrogen-bond donors (Lipinski definition) is 0. The van der Waals surface area contributed by atoms with Gasteiger partial charge >= 0.3 is 23.8 Å². The van der Waals surface area contributed by atoms with Crippen LogP contribution in [0, 0.1) is 0 Å². The molecule has 23 heavy (non-hydrogen) atoms. The molecule has 0 aromatic carbocycles. The van der Waals surface area contributed by atoms with E-state index in [4.69, 9.17) is 0 Å². The van der Waals surface area contributed by atoms with E-state index in [1.165, 1.54) is 6.92 Å². The van der Waals surface area contributed by atoms with Gasteiger partial charge in [0.05, 0.1) is 0 Å². The lowest BCUT2D eigenvalue weighted by Crippen LogP contribution is -2.55. The Kier molecular flexibility index (Phi) is 4.92. The average molecular weight is 340 g/mol. The zero-order chi connectivity index (χ0) is 17.3. The molecule has 0 spiro atoms. The molecule has 0 N–H and O–H groups in total. The highest BCUT2D eigenvalue weighted by Crippen LogP contribution is 2.41. The van der Waals surface area contributed by atoms with Crippen LogP contribution in [0.1, 0.15) is 58.3 Å². The predicted octanol–water partition coefficient (Wildman–Crippen LogP) is 3.62. The van der Waals surface area contributed by atoms with E-state index in [-0.39, 0.29) is 0 Å². The third-order valence-electron chi connectivity index (χ3n) is 4.48. The van der Waals surface area contributed by atoms with E-state index in [1.54, 1.807) is 0 Å². The fourth-order valence-electron chi connectivity index (χ4n) is 3.00. The van der Waals surface area contributed by atoms with Crippen molar-refractivity contribution in [2.45, 2.75) is 81.8 Å². The number of carbonyl (C=O) groups excluding carboxylic acids is 2. The van der Waals surface area contributed by atoms with E-state index in [0.717, 1.165) is 0 Å². The van der Waals surface area contributed by atoms with Crippen LogP contribution in [-0.2, 0) is 19.1 Å². The molecule has 2 aliphatic carbocycles. The summed E-state index contributed by atoms with van der Waals surface area (Å²) in [6.07, 6.45) is 3.25. The number of halogens is 4. The number of ether oxygens (including phenoxy) is 2. The first-order valence-electron chi connectivity index (χ1n) is 7.79. The third-order valence-corrected chi connectivity index (χ3v) is 4.48. The zero-order valence-electron chi connectivity index (χ0n) is 12.9.